The lowest BCUT2D eigenvalue weighted by atomic mass is 9.86. The zero-order valence-corrected chi connectivity index (χ0v) is 21.0. The SMILES string of the molecule is COCC(C)(c1cc(Cl)cc(Cl)c1)N1CCC(COc2cc(F)c(C(=O)O)cc2C2CC2)CC1. The third-order valence-electron chi connectivity index (χ3n) is 7.04. The van der Waals surface area contributed by atoms with Crippen LogP contribution in [0, 0.1) is 11.7 Å². The summed E-state index contributed by atoms with van der Waals surface area (Å²) in [6, 6.07) is 8.29. The normalized spacial score (nSPS) is 19.1. The molecule has 2 aromatic carbocycles. The summed E-state index contributed by atoms with van der Waals surface area (Å²) in [6.07, 6.45) is 3.79. The van der Waals surface area contributed by atoms with E-state index in [1.54, 1.807) is 13.2 Å². The molecule has 1 unspecified atom stereocenters. The van der Waals surface area contributed by atoms with Gasteiger partial charge in [0.25, 0.3) is 0 Å². The lowest BCUT2D eigenvalue weighted by molar-refractivity contribution is -0.00666. The highest BCUT2D eigenvalue weighted by Gasteiger charge is 2.37. The predicted molar refractivity (Wildman–Crippen MR) is 131 cm³/mol. The predicted octanol–water partition coefficient (Wildman–Crippen LogP) is 6.36. The van der Waals surface area contributed by atoms with Crippen molar-refractivity contribution in [2.24, 2.45) is 5.92 Å². The molecule has 1 atom stereocenters. The van der Waals surface area contributed by atoms with Crippen LogP contribution in [0.1, 0.15) is 60.0 Å². The summed E-state index contributed by atoms with van der Waals surface area (Å²) in [5, 5.41) is 10.4. The van der Waals surface area contributed by atoms with Gasteiger partial charge in [0, 0.05) is 23.2 Å². The van der Waals surface area contributed by atoms with Gasteiger partial charge in [-0.25, -0.2) is 9.18 Å². The maximum atomic E-state index is 14.3. The van der Waals surface area contributed by atoms with Gasteiger partial charge in [-0.2, -0.15) is 0 Å². The summed E-state index contributed by atoms with van der Waals surface area (Å²) >= 11 is 12.6. The summed E-state index contributed by atoms with van der Waals surface area (Å²) in [6.45, 7) is 4.82. The fraction of sp³-hybridized carbons (Fsp3) is 0.500. The maximum absolute atomic E-state index is 14.3. The molecule has 1 N–H and O–H groups in total. The van der Waals surface area contributed by atoms with Crippen LogP contribution >= 0.6 is 23.2 Å². The second-order valence-corrected chi connectivity index (χ2v) is 10.4. The van der Waals surface area contributed by atoms with Gasteiger partial charge in [0.2, 0.25) is 0 Å². The van der Waals surface area contributed by atoms with Crippen molar-refractivity contribution in [2.75, 3.05) is 33.4 Å². The third-order valence-corrected chi connectivity index (χ3v) is 7.48. The Hall–Kier alpha value is -1.86. The average Bonchev–Trinajstić information content (AvgIpc) is 3.62. The van der Waals surface area contributed by atoms with Gasteiger partial charge in [0.15, 0.2) is 0 Å². The Morgan fingerprint density at radius 1 is 1.12 bits per heavy atom. The number of hydrogen-bond acceptors (Lipinski definition) is 4. The second-order valence-electron chi connectivity index (χ2n) is 9.56. The minimum absolute atomic E-state index is 0.259. The number of ether oxygens (including phenoxy) is 2. The number of hydrogen-bond donors (Lipinski definition) is 1. The Balaban J connectivity index is 1.42. The van der Waals surface area contributed by atoms with E-state index in [1.807, 2.05) is 12.1 Å². The molecular formula is C26H30Cl2FNO4. The fourth-order valence-electron chi connectivity index (χ4n) is 4.88. The topological polar surface area (TPSA) is 59.0 Å². The molecule has 184 valence electrons. The van der Waals surface area contributed by atoms with E-state index in [1.165, 1.54) is 12.1 Å². The molecule has 2 fully saturated rings. The van der Waals surface area contributed by atoms with Crippen molar-refractivity contribution >= 4 is 29.2 Å². The van der Waals surface area contributed by atoms with Crippen molar-refractivity contribution in [1.82, 2.24) is 4.90 Å². The molecule has 1 heterocycles. The summed E-state index contributed by atoms with van der Waals surface area (Å²) in [4.78, 5) is 13.7. The van der Waals surface area contributed by atoms with Crippen molar-refractivity contribution in [1.29, 1.82) is 0 Å². The molecule has 0 spiro atoms. The van der Waals surface area contributed by atoms with Crippen LogP contribution in [0.4, 0.5) is 4.39 Å². The molecule has 0 aromatic heterocycles. The number of rotatable bonds is 9. The molecule has 0 radical (unpaired) electrons. The van der Waals surface area contributed by atoms with E-state index >= 15 is 0 Å². The number of methoxy groups -OCH3 is 1. The molecule has 1 saturated heterocycles. The Morgan fingerprint density at radius 3 is 2.32 bits per heavy atom. The van der Waals surface area contributed by atoms with Gasteiger partial charge in [-0.05, 0) is 92.9 Å². The Labute approximate surface area is 209 Å². The van der Waals surface area contributed by atoms with Crippen LogP contribution in [0.3, 0.4) is 0 Å². The fourth-order valence-corrected chi connectivity index (χ4v) is 5.40. The zero-order valence-electron chi connectivity index (χ0n) is 19.5. The molecule has 0 amide bonds. The number of carboxylic acid groups (broad SMARTS) is 1. The van der Waals surface area contributed by atoms with Gasteiger partial charge in [0.05, 0.1) is 24.3 Å². The number of carbonyl (C=O) groups is 1. The molecule has 2 aromatic rings. The number of carboxylic acids is 1. The largest absolute Gasteiger partial charge is 0.493 e. The summed E-state index contributed by atoms with van der Waals surface area (Å²) < 4.78 is 25.9. The molecule has 1 aliphatic carbocycles. The summed E-state index contributed by atoms with van der Waals surface area (Å²) in [5.41, 5.74) is 1.16. The minimum atomic E-state index is -1.25. The standard InChI is InChI=1S/C26H30Cl2FNO4/c1-26(15-33-2,18-9-19(27)11-20(28)10-18)30-7-5-16(6-8-30)14-34-24-13-23(29)22(25(31)32)12-21(24)17-3-4-17/h9-13,16-17H,3-8,14-15H2,1-2H3,(H,31,32). The van der Waals surface area contributed by atoms with E-state index in [9.17, 15) is 14.3 Å². The number of benzene rings is 2. The molecule has 1 aliphatic heterocycles. The molecule has 5 nitrogen and oxygen atoms in total. The number of halogens is 3. The number of aromatic carboxylic acids is 1. The zero-order chi connectivity index (χ0) is 24.5. The third kappa shape index (κ3) is 5.51. The first-order valence-corrected chi connectivity index (χ1v) is 12.4. The van der Waals surface area contributed by atoms with E-state index in [2.05, 4.69) is 11.8 Å². The molecule has 1 saturated carbocycles. The van der Waals surface area contributed by atoms with Crippen molar-refractivity contribution in [2.45, 2.75) is 44.1 Å². The monoisotopic (exact) mass is 509 g/mol. The van der Waals surface area contributed by atoms with Crippen LogP contribution in [0.2, 0.25) is 10.0 Å². The average molecular weight is 510 g/mol. The Bertz CT molecular complexity index is 1030. The minimum Gasteiger partial charge on any atom is -0.493 e. The molecule has 0 bridgehead atoms. The first-order valence-electron chi connectivity index (χ1n) is 11.6. The number of piperidine rings is 1. The van der Waals surface area contributed by atoms with Crippen LogP contribution in [0.5, 0.6) is 5.75 Å². The van der Waals surface area contributed by atoms with Gasteiger partial charge in [-0.15, -0.1) is 0 Å². The van der Waals surface area contributed by atoms with Crippen molar-refractivity contribution in [3.8, 4) is 5.75 Å². The Kier molecular flexibility index (Phi) is 7.72. The van der Waals surface area contributed by atoms with E-state index < -0.39 is 11.8 Å². The van der Waals surface area contributed by atoms with Crippen molar-refractivity contribution in [3.63, 3.8) is 0 Å². The number of nitrogens with zero attached hydrogens (tertiary/aromatic N) is 1. The molecule has 8 heteroatoms. The molecule has 4 rings (SSSR count). The van der Waals surface area contributed by atoms with Gasteiger partial charge >= 0.3 is 5.97 Å². The lowest BCUT2D eigenvalue weighted by Gasteiger charge is -2.45. The van der Waals surface area contributed by atoms with Crippen LogP contribution in [0.25, 0.3) is 0 Å². The number of likely N-dealkylation sites (tertiary alicyclic amines) is 1. The van der Waals surface area contributed by atoms with Crippen molar-refractivity contribution in [3.05, 3.63) is 62.9 Å². The van der Waals surface area contributed by atoms with E-state index in [0.29, 0.717) is 34.9 Å². The molecule has 2 aliphatic rings. The van der Waals surface area contributed by atoms with Gasteiger partial charge in [-0.3, -0.25) is 4.90 Å². The van der Waals surface area contributed by atoms with E-state index in [0.717, 1.165) is 49.9 Å². The highest BCUT2D eigenvalue weighted by molar-refractivity contribution is 6.34. The van der Waals surface area contributed by atoms with E-state index in [-0.39, 0.29) is 17.0 Å². The van der Waals surface area contributed by atoms with Gasteiger partial charge < -0.3 is 14.6 Å². The first-order chi connectivity index (χ1) is 16.2. The second kappa shape index (κ2) is 10.4. The van der Waals surface area contributed by atoms with Crippen LogP contribution in [-0.4, -0.2) is 49.4 Å². The lowest BCUT2D eigenvalue weighted by Crippen LogP contribution is -2.51. The van der Waals surface area contributed by atoms with E-state index in [4.69, 9.17) is 32.7 Å². The first kappa shape index (κ1) is 25.2. The van der Waals surface area contributed by atoms with Gasteiger partial charge in [-0.1, -0.05) is 23.2 Å². The maximum Gasteiger partial charge on any atom is 0.338 e. The summed E-state index contributed by atoms with van der Waals surface area (Å²) in [5.74, 6) is -0.948. The summed E-state index contributed by atoms with van der Waals surface area (Å²) in [7, 11) is 1.69. The van der Waals surface area contributed by atoms with Crippen LogP contribution < -0.4 is 4.74 Å². The van der Waals surface area contributed by atoms with Crippen molar-refractivity contribution < 1.29 is 23.8 Å². The molecular weight excluding hydrogens is 480 g/mol. The quantitative estimate of drug-likeness (QED) is 0.426. The van der Waals surface area contributed by atoms with Gasteiger partial charge in [0.1, 0.15) is 11.6 Å². The smallest absolute Gasteiger partial charge is 0.338 e. The van der Waals surface area contributed by atoms with Crippen LogP contribution in [0.15, 0.2) is 30.3 Å². The highest BCUT2D eigenvalue weighted by Crippen LogP contribution is 2.45. The Morgan fingerprint density at radius 2 is 1.76 bits per heavy atom. The molecule has 34 heavy (non-hydrogen) atoms. The van der Waals surface area contributed by atoms with Crippen LogP contribution in [-0.2, 0) is 10.3 Å². The highest BCUT2D eigenvalue weighted by atomic mass is 35.5.